The molecule has 2 heterocycles. The van der Waals surface area contributed by atoms with Gasteiger partial charge in [-0.3, -0.25) is 19.3 Å². The van der Waals surface area contributed by atoms with Gasteiger partial charge in [0.05, 0.1) is 23.4 Å². The number of rotatable bonds is 5. The monoisotopic (exact) mass is 383 g/mol. The molecule has 0 bridgehead atoms. The van der Waals surface area contributed by atoms with Crippen molar-refractivity contribution in [3.05, 3.63) is 53.0 Å². The zero-order valence-electron chi connectivity index (χ0n) is 15.4. The van der Waals surface area contributed by atoms with Crippen LogP contribution >= 0.6 is 0 Å². The average Bonchev–Trinajstić information content (AvgIpc) is 3.21. The number of carbonyl (C=O) groups is 1. The van der Waals surface area contributed by atoms with Crippen LogP contribution in [0.1, 0.15) is 44.6 Å². The Kier molecular flexibility index (Phi) is 5.18. The Hall–Kier alpha value is -3.03. The van der Waals surface area contributed by atoms with Crippen LogP contribution in [0.4, 0.5) is 10.2 Å². The van der Waals surface area contributed by atoms with Crippen LogP contribution in [0, 0.1) is 11.7 Å². The van der Waals surface area contributed by atoms with Gasteiger partial charge in [-0.05, 0) is 30.5 Å². The molecule has 28 heavy (non-hydrogen) atoms. The van der Waals surface area contributed by atoms with Crippen molar-refractivity contribution in [1.82, 2.24) is 19.7 Å². The Morgan fingerprint density at radius 3 is 2.86 bits per heavy atom. The van der Waals surface area contributed by atoms with Crippen LogP contribution in [-0.4, -0.2) is 25.7 Å². The molecule has 1 aliphatic rings. The minimum Gasteiger partial charge on any atom is -0.309 e. The van der Waals surface area contributed by atoms with Crippen molar-refractivity contribution < 1.29 is 9.18 Å². The Morgan fingerprint density at radius 1 is 1.29 bits per heavy atom. The Balaban J connectivity index is 1.71. The maximum atomic E-state index is 13.7. The van der Waals surface area contributed by atoms with Gasteiger partial charge in [-0.15, -0.1) is 0 Å². The summed E-state index contributed by atoms with van der Waals surface area (Å²) in [6.45, 7) is 0. The van der Waals surface area contributed by atoms with Crippen LogP contribution in [-0.2, 0) is 4.79 Å². The molecular formula is C20H22FN5O2. The minimum absolute atomic E-state index is 0.172. The number of hydrogen-bond donors (Lipinski definition) is 2. The molecule has 8 heteroatoms. The molecule has 0 saturated heterocycles. The first-order chi connectivity index (χ1) is 13.6. The summed E-state index contributed by atoms with van der Waals surface area (Å²) in [5.41, 5.74) is -0.00175. The van der Waals surface area contributed by atoms with Crippen molar-refractivity contribution in [2.45, 2.75) is 44.6 Å². The summed E-state index contributed by atoms with van der Waals surface area (Å²) in [4.78, 5) is 30.3. The number of nitrogens with zero attached hydrogens (tertiary/aromatic N) is 3. The summed E-state index contributed by atoms with van der Waals surface area (Å²) in [5.74, 6) is 0.0113. The number of hydrogen-bond acceptors (Lipinski definition) is 4. The van der Waals surface area contributed by atoms with E-state index in [4.69, 9.17) is 0 Å². The van der Waals surface area contributed by atoms with Crippen molar-refractivity contribution in [2.75, 3.05) is 5.32 Å². The smallest absolute Gasteiger partial charge is 0.262 e. The molecule has 146 valence electrons. The molecule has 1 unspecified atom stereocenters. The SMILES string of the molecule is O=C(Nc1ccn[nH]1)C(CC1CCCCC1)n1cnc2ccc(F)cc2c1=O. The molecule has 0 radical (unpaired) electrons. The second kappa shape index (κ2) is 7.92. The quantitative estimate of drug-likeness (QED) is 0.706. The number of H-pyrrole nitrogens is 1. The lowest BCUT2D eigenvalue weighted by molar-refractivity contribution is -0.120. The maximum absolute atomic E-state index is 13.7. The van der Waals surface area contributed by atoms with Gasteiger partial charge < -0.3 is 5.32 Å². The van der Waals surface area contributed by atoms with Gasteiger partial charge >= 0.3 is 0 Å². The first-order valence-corrected chi connectivity index (χ1v) is 9.58. The summed E-state index contributed by atoms with van der Waals surface area (Å²) in [7, 11) is 0. The molecule has 3 aromatic rings. The minimum atomic E-state index is -0.723. The normalized spacial score (nSPS) is 16.2. The van der Waals surface area contributed by atoms with E-state index in [1.807, 2.05) is 0 Å². The summed E-state index contributed by atoms with van der Waals surface area (Å²) >= 11 is 0. The van der Waals surface area contributed by atoms with Crippen molar-refractivity contribution in [1.29, 1.82) is 0 Å². The lowest BCUT2D eigenvalue weighted by Gasteiger charge is -2.27. The highest BCUT2D eigenvalue weighted by Gasteiger charge is 2.27. The van der Waals surface area contributed by atoms with Crippen molar-refractivity contribution >= 4 is 22.6 Å². The number of aromatic amines is 1. The second-order valence-electron chi connectivity index (χ2n) is 7.33. The lowest BCUT2D eigenvalue weighted by Crippen LogP contribution is -2.35. The zero-order chi connectivity index (χ0) is 19.5. The van der Waals surface area contributed by atoms with Crippen LogP contribution in [0.15, 0.2) is 41.6 Å². The number of carbonyl (C=O) groups excluding carboxylic acids is 1. The molecule has 1 aromatic carbocycles. The molecular weight excluding hydrogens is 361 g/mol. The zero-order valence-corrected chi connectivity index (χ0v) is 15.4. The largest absolute Gasteiger partial charge is 0.309 e. The highest BCUT2D eigenvalue weighted by atomic mass is 19.1. The van der Waals surface area contributed by atoms with E-state index in [1.165, 1.54) is 41.7 Å². The van der Waals surface area contributed by atoms with Gasteiger partial charge in [0.25, 0.3) is 5.56 Å². The summed E-state index contributed by atoms with van der Waals surface area (Å²) in [6, 6.07) is 4.83. The van der Waals surface area contributed by atoms with E-state index in [0.29, 0.717) is 23.7 Å². The number of amides is 1. The van der Waals surface area contributed by atoms with Crippen molar-refractivity contribution in [3.63, 3.8) is 0 Å². The Labute approximate surface area is 161 Å². The summed E-state index contributed by atoms with van der Waals surface area (Å²) < 4.78 is 15.0. The Morgan fingerprint density at radius 2 is 2.11 bits per heavy atom. The van der Waals surface area contributed by atoms with E-state index in [9.17, 15) is 14.0 Å². The third kappa shape index (κ3) is 3.81. The van der Waals surface area contributed by atoms with Gasteiger partial charge in [-0.25, -0.2) is 9.37 Å². The van der Waals surface area contributed by atoms with Gasteiger partial charge in [0.1, 0.15) is 17.7 Å². The van der Waals surface area contributed by atoms with E-state index >= 15 is 0 Å². The molecule has 0 spiro atoms. The molecule has 1 saturated carbocycles. The number of nitrogens with one attached hydrogen (secondary N) is 2. The predicted molar refractivity (Wildman–Crippen MR) is 103 cm³/mol. The van der Waals surface area contributed by atoms with Gasteiger partial charge in [-0.1, -0.05) is 32.1 Å². The third-order valence-electron chi connectivity index (χ3n) is 5.42. The fraction of sp³-hybridized carbons (Fsp3) is 0.400. The fourth-order valence-electron chi connectivity index (χ4n) is 3.96. The van der Waals surface area contributed by atoms with Crippen LogP contribution < -0.4 is 10.9 Å². The topological polar surface area (TPSA) is 92.7 Å². The first kappa shape index (κ1) is 18.3. The average molecular weight is 383 g/mol. The van der Waals surface area contributed by atoms with Crippen LogP contribution in [0.5, 0.6) is 0 Å². The van der Waals surface area contributed by atoms with Gasteiger partial charge in [0, 0.05) is 6.07 Å². The molecule has 7 nitrogen and oxygen atoms in total. The van der Waals surface area contributed by atoms with E-state index in [-0.39, 0.29) is 11.3 Å². The number of benzene rings is 1. The van der Waals surface area contributed by atoms with E-state index in [2.05, 4.69) is 20.5 Å². The van der Waals surface area contributed by atoms with Crippen LogP contribution in [0.2, 0.25) is 0 Å². The van der Waals surface area contributed by atoms with E-state index < -0.39 is 17.4 Å². The standard InChI is InChI=1S/C20H22FN5O2/c21-14-6-7-16-15(11-14)20(28)26(12-22-16)17(10-13-4-2-1-3-5-13)19(27)24-18-8-9-23-25-18/h6-9,11-13,17H,1-5,10H2,(H2,23,24,25,27). The van der Waals surface area contributed by atoms with Gasteiger partial charge in [-0.2, -0.15) is 5.10 Å². The van der Waals surface area contributed by atoms with Crippen molar-refractivity contribution in [3.8, 4) is 0 Å². The summed E-state index contributed by atoms with van der Waals surface area (Å²) in [6.07, 6.45) is 9.03. The number of halogens is 1. The van der Waals surface area contributed by atoms with E-state index in [1.54, 1.807) is 6.07 Å². The number of aromatic nitrogens is 4. The highest BCUT2D eigenvalue weighted by Crippen LogP contribution is 2.31. The highest BCUT2D eigenvalue weighted by molar-refractivity contribution is 5.93. The molecule has 1 amide bonds. The fourth-order valence-corrected chi connectivity index (χ4v) is 3.96. The van der Waals surface area contributed by atoms with Crippen molar-refractivity contribution in [2.24, 2.45) is 5.92 Å². The Bertz CT molecular complexity index is 1020. The molecule has 0 aliphatic heterocycles. The molecule has 4 rings (SSSR count). The van der Waals surface area contributed by atoms with Gasteiger partial charge in [0.15, 0.2) is 0 Å². The second-order valence-corrected chi connectivity index (χ2v) is 7.33. The van der Waals surface area contributed by atoms with Gasteiger partial charge in [0.2, 0.25) is 5.91 Å². The predicted octanol–water partition coefficient (Wildman–Crippen LogP) is 3.41. The third-order valence-corrected chi connectivity index (χ3v) is 5.42. The first-order valence-electron chi connectivity index (χ1n) is 9.58. The number of anilines is 1. The van der Waals surface area contributed by atoms with Crippen LogP contribution in [0.25, 0.3) is 10.9 Å². The number of fused-ring (bicyclic) bond motifs is 1. The molecule has 1 atom stereocenters. The molecule has 1 aliphatic carbocycles. The molecule has 1 fully saturated rings. The maximum Gasteiger partial charge on any atom is 0.262 e. The van der Waals surface area contributed by atoms with E-state index in [0.717, 1.165) is 25.7 Å². The summed E-state index contributed by atoms with van der Waals surface area (Å²) in [5, 5.41) is 9.47. The lowest BCUT2D eigenvalue weighted by atomic mass is 9.84. The molecule has 2 N–H and O–H groups in total. The van der Waals surface area contributed by atoms with Crippen LogP contribution in [0.3, 0.4) is 0 Å². The molecule has 2 aromatic heterocycles.